The zero-order valence-corrected chi connectivity index (χ0v) is 15.3. The van der Waals surface area contributed by atoms with Crippen LogP contribution in [0.1, 0.15) is 59.3 Å². The first-order valence-electron chi connectivity index (χ1n) is 9.53. The molecule has 4 heteroatoms. The third-order valence-electron chi connectivity index (χ3n) is 8.34. The van der Waals surface area contributed by atoms with E-state index in [0.29, 0.717) is 24.7 Å². The molecule has 25 heavy (non-hydrogen) atoms. The topological polar surface area (TPSA) is 74.6 Å². The van der Waals surface area contributed by atoms with Crippen LogP contribution in [0.3, 0.4) is 0 Å². The first-order chi connectivity index (χ1) is 11.6. The van der Waals surface area contributed by atoms with Crippen molar-refractivity contribution in [3.05, 3.63) is 23.3 Å². The maximum atomic E-state index is 12.0. The van der Waals surface area contributed by atoms with E-state index in [1.165, 1.54) is 11.1 Å². The van der Waals surface area contributed by atoms with E-state index < -0.39 is 17.0 Å². The molecule has 0 aromatic carbocycles. The summed E-state index contributed by atoms with van der Waals surface area (Å²) >= 11 is 0. The summed E-state index contributed by atoms with van der Waals surface area (Å²) in [6.45, 7) is 6.36. The summed E-state index contributed by atoms with van der Waals surface area (Å²) in [7, 11) is 0. The molecule has 0 aliphatic heterocycles. The van der Waals surface area contributed by atoms with Crippen LogP contribution in [0.15, 0.2) is 23.3 Å². The first kappa shape index (κ1) is 17.0. The van der Waals surface area contributed by atoms with Gasteiger partial charge < -0.3 is 10.2 Å². The van der Waals surface area contributed by atoms with Gasteiger partial charge in [0, 0.05) is 11.8 Å². The third kappa shape index (κ3) is 1.98. The van der Waals surface area contributed by atoms with E-state index in [0.717, 1.165) is 25.7 Å². The number of hydrogen-bond acceptors (Lipinski definition) is 3. The molecule has 0 bridgehead atoms. The standard InChI is InChI=1S/C21H28O4/c1-12-10-14-15(19(2)7-4-13(22)11-17(12)19)5-8-20(3)16(14)6-9-21(20,25)18(23)24/h10-11,14-16,25H,4-9H2,1-3H3,(H,23,24)/t14-,15+,16+,19-,20+,21+/m1/s1. The minimum atomic E-state index is -1.61. The van der Waals surface area contributed by atoms with E-state index in [2.05, 4.69) is 19.9 Å². The Kier molecular flexibility index (Phi) is 3.45. The molecular weight excluding hydrogens is 316 g/mol. The number of fused-ring (bicyclic) bond motifs is 5. The van der Waals surface area contributed by atoms with Gasteiger partial charge in [0.15, 0.2) is 11.4 Å². The van der Waals surface area contributed by atoms with E-state index >= 15 is 0 Å². The Morgan fingerprint density at radius 1 is 1.16 bits per heavy atom. The lowest BCUT2D eigenvalue weighted by molar-refractivity contribution is -0.179. The van der Waals surface area contributed by atoms with Crippen LogP contribution < -0.4 is 0 Å². The summed E-state index contributed by atoms with van der Waals surface area (Å²) in [4.78, 5) is 23.8. The van der Waals surface area contributed by atoms with Crippen LogP contribution in [0.4, 0.5) is 0 Å². The summed E-state index contributed by atoms with van der Waals surface area (Å²) in [5.74, 6) is 0.0773. The molecule has 0 unspecified atom stereocenters. The van der Waals surface area contributed by atoms with Gasteiger partial charge in [0.1, 0.15) is 0 Å². The molecule has 0 saturated heterocycles. The number of aliphatic carboxylic acids is 1. The first-order valence-corrected chi connectivity index (χ1v) is 9.53. The molecule has 0 amide bonds. The van der Waals surface area contributed by atoms with Gasteiger partial charge in [-0.15, -0.1) is 0 Å². The molecule has 0 radical (unpaired) electrons. The van der Waals surface area contributed by atoms with Crippen molar-refractivity contribution in [3.63, 3.8) is 0 Å². The average molecular weight is 344 g/mol. The number of carbonyl (C=O) groups is 2. The Balaban J connectivity index is 1.80. The smallest absolute Gasteiger partial charge is 0.336 e. The summed E-state index contributed by atoms with van der Waals surface area (Å²) in [5, 5.41) is 20.6. The summed E-state index contributed by atoms with van der Waals surface area (Å²) in [5.41, 5.74) is 0.192. The van der Waals surface area contributed by atoms with E-state index in [1.54, 1.807) is 0 Å². The molecular formula is C21H28O4. The van der Waals surface area contributed by atoms with Crippen LogP contribution >= 0.6 is 0 Å². The van der Waals surface area contributed by atoms with Crippen molar-refractivity contribution < 1.29 is 19.8 Å². The van der Waals surface area contributed by atoms with Crippen LogP contribution in [0.25, 0.3) is 0 Å². The van der Waals surface area contributed by atoms with E-state index in [4.69, 9.17) is 0 Å². The molecule has 2 saturated carbocycles. The van der Waals surface area contributed by atoms with Crippen LogP contribution in [0, 0.1) is 28.6 Å². The number of allylic oxidation sites excluding steroid dienone is 4. The largest absolute Gasteiger partial charge is 0.479 e. The van der Waals surface area contributed by atoms with Gasteiger partial charge >= 0.3 is 5.97 Å². The fourth-order valence-corrected chi connectivity index (χ4v) is 6.78. The number of carboxylic acids is 1. The average Bonchev–Trinajstić information content (AvgIpc) is 2.83. The van der Waals surface area contributed by atoms with E-state index in [1.807, 2.05) is 13.0 Å². The highest BCUT2D eigenvalue weighted by Gasteiger charge is 2.66. The Labute approximate surface area is 149 Å². The summed E-state index contributed by atoms with van der Waals surface area (Å²) in [6, 6.07) is 0. The zero-order valence-electron chi connectivity index (χ0n) is 15.3. The Morgan fingerprint density at radius 3 is 2.52 bits per heavy atom. The van der Waals surface area contributed by atoms with Gasteiger partial charge in [-0.3, -0.25) is 4.79 Å². The number of hydrogen-bond donors (Lipinski definition) is 2. The fourth-order valence-electron chi connectivity index (χ4n) is 6.78. The second kappa shape index (κ2) is 5.06. The highest BCUT2D eigenvalue weighted by atomic mass is 16.4. The Hall–Kier alpha value is -1.42. The second-order valence-corrected chi connectivity index (χ2v) is 9.24. The predicted molar refractivity (Wildman–Crippen MR) is 93.8 cm³/mol. The maximum Gasteiger partial charge on any atom is 0.336 e. The predicted octanol–water partition coefficient (Wildman–Crippen LogP) is 3.50. The minimum absolute atomic E-state index is 0.00265. The zero-order chi connectivity index (χ0) is 18.2. The van der Waals surface area contributed by atoms with Gasteiger partial charge in [0.2, 0.25) is 0 Å². The van der Waals surface area contributed by atoms with Gasteiger partial charge in [-0.25, -0.2) is 4.79 Å². The van der Waals surface area contributed by atoms with Crippen molar-refractivity contribution >= 4 is 11.8 Å². The molecule has 136 valence electrons. The highest BCUT2D eigenvalue weighted by molar-refractivity contribution is 5.92. The number of carboxylic acid groups (broad SMARTS) is 1. The Morgan fingerprint density at radius 2 is 1.84 bits per heavy atom. The lowest BCUT2D eigenvalue weighted by Crippen LogP contribution is -2.57. The van der Waals surface area contributed by atoms with Gasteiger partial charge in [0.25, 0.3) is 0 Å². The fraction of sp³-hybridized carbons (Fsp3) is 0.714. The Bertz CT molecular complexity index is 719. The maximum absolute atomic E-state index is 12.0. The van der Waals surface area contributed by atoms with Crippen LogP contribution in [-0.2, 0) is 9.59 Å². The van der Waals surface area contributed by atoms with Crippen LogP contribution in [0.5, 0.6) is 0 Å². The molecule has 4 aliphatic rings. The van der Waals surface area contributed by atoms with Gasteiger partial charge in [0.05, 0.1) is 0 Å². The number of aliphatic hydroxyl groups is 1. The van der Waals surface area contributed by atoms with Gasteiger partial charge in [-0.2, -0.15) is 0 Å². The van der Waals surface area contributed by atoms with Gasteiger partial charge in [-0.1, -0.05) is 25.5 Å². The molecule has 4 nitrogen and oxygen atoms in total. The van der Waals surface area contributed by atoms with Crippen molar-refractivity contribution in [2.24, 2.45) is 28.6 Å². The minimum Gasteiger partial charge on any atom is -0.479 e. The van der Waals surface area contributed by atoms with E-state index in [-0.39, 0.29) is 17.1 Å². The summed E-state index contributed by atoms with van der Waals surface area (Å²) < 4.78 is 0. The molecule has 2 N–H and O–H groups in total. The second-order valence-electron chi connectivity index (χ2n) is 9.24. The van der Waals surface area contributed by atoms with Crippen LogP contribution in [0.2, 0.25) is 0 Å². The van der Waals surface area contributed by atoms with Crippen molar-refractivity contribution in [2.75, 3.05) is 0 Å². The number of carbonyl (C=O) groups excluding carboxylic acids is 1. The molecule has 4 rings (SSSR count). The monoisotopic (exact) mass is 344 g/mol. The highest BCUT2D eigenvalue weighted by Crippen LogP contribution is 2.66. The van der Waals surface area contributed by atoms with Crippen molar-refractivity contribution in [1.29, 1.82) is 0 Å². The van der Waals surface area contributed by atoms with Crippen molar-refractivity contribution in [2.45, 2.75) is 64.9 Å². The SMILES string of the molecule is CC1=C[C@@H]2[C@H](CC[C@@]3(C)[C@H]2CC[C@]3(O)C(=O)O)[C@@]2(C)CCC(=O)C=C12. The molecule has 2 fully saturated rings. The van der Waals surface area contributed by atoms with Crippen molar-refractivity contribution in [3.8, 4) is 0 Å². The normalized spacial score (nSPS) is 48.8. The van der Waals surface area contributed by atoms with E-state index in [9.17, 15) is 19.8 Å². The molecule has 0 heterocycles. The molecule has 0 aromatic heterocycles. The molecule has 0 spiro atoms. The number of rotatable bonds is 1. The van der Waals surface area contributed by atoms with Crippen LogP contribution in [-0.4, -0.2) is 27.6 Å². The molecule has 6 atom stereocenters. The third-order valence-corrected chi connectivity index (χ3v) is 8.34. The molecule has 0 aromatic rings. The lowest BCUT2D eigenvalue weighted by Gasteiger charge is -2.57. The lowest BCUT2D eigenvalue weighted by atomic mass is 9.47. The number of ketones is 1. The quantitative estimate of drug-likeness (QED) is 0.763. The van der Waals surface area contributed by atoms with Gasteiger partial charge in [-0.05, 0) is 73.8 Å². The van der Waals surface area contributed by atoms with Crippen molar-refractivity contribution in [1.82, 2.24) is 0 Å². The summed E-state index contributed by atoms with van der Waals surface area (Å²) in [6.07, 6.45) is 8.39. The molecule has 4 aliphatic carbocycles.